The van der Waals surface area contributed by atoms with Crippen LogP contribution in [0.1, 0.15) is 11.1 Å². The van der Waals surface area contributed by atoms with Crippen molar-refractivity contribution < 1.29 is 0 Å². The van der Waals surface area contributed by atoms with Crippen molar-refractivity contribution in [3.05, 3.63) is 56.4 Å². The maximum Gasteiger partial charge on any atom is 0.268 e. The van der Waals surface area contributed by atoms with Crippen LogP contribution in [0, 0.1) is 18.3 Å². The van der Waals surface area contributed by atoms with Gasteiger partial charge in [-0.1, -0.05) is 28.1 Å². The van der Waals surface area contributed by atoms with Crippen molar-refractivity contribution in [2.24, 2.45) is 7.05 Å². The van der Waals surface area contributed by atoms with Gasteiger partial charge in [-0.3, -0.25) is 4.79 Å². The maximum absolute atomic E-state index is 11.9. The van der Waals surface area contributed by atoms with Gasteiger partial charge in [-0.2, -0.15) is 5.26 Å². The van der Waals surface area contributed by atoms with Gasteiger partial charge in [0.15, 0.2) is 0 Å². The Morgan fingerprint density at radius 3 is 2.44 bits per heavy atom. The first-order valence-corrected chi connectivity index (χ1v) is 6.20. The number of aryl methyl sites for hydroxylation is 2. The highest BCUT2D eigenvalue weighted by molar-refractivity contribution is 9.10. The Balaban J connectivity index is 2.79. The van der Waals surface area contributed by atoms with Crippen molar-refractivity contribution in [3.63, 3.8) is 0 Å². The summed E-state index contributed by atoms with van der Waals surface area (Å²) in [6.45, 7) is 1.90. The third-order valence-corrected chi connectivity index (χ3v) is 3.34. The van der Waals surface area contributed by atoms with E-state index in [1.54, 1.807) is 13.2 Å². The van der Waals surface area contributed by atoms with E-state index in [1.165, 1.54) is 4.57 Å². The van der Waals surface area contributed by atoms with Crippen LogP contribution in [0.25, 0.3) is 11.1 Å². The molecule has 18 heavy (non-hydrogen) atoms. The first-order chi connectivity index (χ1) is 8.54. The molecule has 2 rings (SSSR count). The number of hydrogen-bond donors (Lipinski definition) is 0. The second-order valence-corrected chi connectivity index (χ2v) is 5.01. The molecular weight excluding hydrogens is 292 g/mol. The minimum atomic E-state index is -0.263. The highest BCUT2D eigenvalue weighted by Crippen LogP contribution is 2.26. The number of nitrogens with zero attached hydrogens (tertiary/aromatic N) is 2. The third-order valence-electron chi connectivity index (χ3n) is 2.81. The van der Waals surface area contributed by atoms with Crippen LogP contribution in [0.5, 0.6) is 0 Å². The Hall–Kier alpha value is -1.86. The number of nitriles is 1. The highest BCUT2D eigenvalue weighted by Gasteiger charge is 2.13. The van der Waals surface area contributed by atoms with Gasteiger partial charge in [-0.05, 0) is 30.2 Å². The number of pyridine rings is 1. The highest BCUT2D eigenvalue weighted by atomic mass is 79.9. The van der Waals surface area contributed by atoms with Crippen LogP contribution in [0.15, 0.2) is 39.7 Å². The smallest absolute Gasteiger partial charge is 0.268 e. The summed E-state index contributed by atoms with van der Waals surface area (Å²) in [5.41, 5.74) is 2.44. The average Bonchev–Trinajstić information content (AvgIpc) is 2.35. The first-order valence-electron chi connectivity index (χ1n) is 5.41. The van der Waals surface area contributed by atoms with Gasteiger partial charge in [0.1, 0.15) is 11.6 Å². The zero-order valence-corrected chi connectivity index (χ0v) is 11.7. The number of rotatable bonds is 1. The molecule has 1 aromatic carbocycles. The molecule has 0 aliphatic rings. The molecule has 0 aliphatic heterocycles. The first kappa shape index (κ1) is 12.6. The standard InChI is InChI=1S/C14H11BrN2O/c1-9-8-17(2)14(18)12(7-16)13(9)10-3-5-11(15)6-4-10/h3-6,8H,1-2H3. The molecule has 0 aliphatic carbocycles. The summed E-state index contributed by atoms with van der Waals surface area (Å²) in [4.78, 5) is 11.9. The van der Waals surface area contributed by atoms with E-state index < -0.39 is 0 Å². The van der Waals surface area contributed by atoms with Crippen LogP contribution in [0.2, 0.25) is 0 Å². The molecule has 0 amide bonds. The van der Waals surface area contributed by atoms with Crippen LogP contribution in [0.3, 0.4) is 0 Å². The van der Waals surface area contributed by atoms with Gasteiger partial charge in [0, 0.05) is 23.3 Å². The second-order valence-electron chi connectivity index (χ2n) is 4.10. The number of hydrogen-bond acceptors (Lipinski definition) is 2. The predicted molar refractivity (Wildman–Crippen MR) is 74.3 cm³/mol. The van der Waals surface area contributed by atoms with Gasteiger partial charge in [-0.25, -0.2) is 0 Å². The summed E-state index contributed by atoms with van der Waals surface area (Å²) < 4.78 is 2.40. The molecule has 0 unspecified atom stereocenters. The Kier molecular flexibility index (Phi) is 3.35. The summed E-state index contributed by atoms with van der Waals surface area (Å²) in [6.07, 6.45) is 1.75. The van der Waals surface area contributed by atoms with Crippen molar-refractivity contribution in [2.45, 2.75) is 6.92 Å². The van der Waals surface area contributed by atoms with Gasteiger partial charge in [0.25, 0.3) is 5.56 Å². The van der Waals surface area contributed by atoms with Gasteiger partial charge >= 0.3 is 0 Å². The molecule has 0 radical (unpaired) electrons. The molecule has 0 saturated heterocycles. The van der Waals surface area contributed by atoms with Crippen LogP contribution in [-0.2, 0) is 7.05 Å². The van der Waals surface area contributed by atoms with Crippen molar-refractivity contribution in [2.75, 3.05) is 0 Å². The fraction of sp³-hybridized carbons (Fsp3) is 0.143. The molecule has 1 heterocycles. The van der Waals surface area contributed by atoms with E-state index >= 15 is 0 Å². The molecule has 0 bridgehead atoms. The molecule has 2 aromatic rings. The van der Waals surface area contributed by atoms with Gasteiger partial charge in [0.05, 0.1) is 0 Å². The second kappa shape index (κ2) is 4.79. The van der Waals surface area contributed by atoms with Crippen LogP contribution in [0.4, 0.5) is 0 Å². The number of halogens is 1. The van der Waals surface area contributed by atoms with E-state index in [1.807, 2.05) is 37.3 Å². The average molecular weight is 303 g/mol. The SMILES string of the molecule is Cc1cn(C)c(=O)c(C#N)c1-c1ccc(Br)cc1. The molecule has 0 N–H and O–H groups in total. The lowest BCUT2D eigenvalue weighted by atomic mass is 9.98. The lowest BCUT2D eigenvalue weighted by molar-refractivity contribution is 0.848. The summed E-state index contributed by atoms with van der Waals surface area (Å²) in [5.74, 6) is 0. The molecule has 1 aromatic heterocycles. The predicted octanol–water partition coefficient (Wildman–Crippen LogP) is 2.99. The van der Waals surface area contributed by atoms with E-state index in [2.05, 4.69) is 15.9 Å². The maximum atomic E-state index is 11.9. The molecule has 3 nitrogen and oxygen atoms in total. The summed E-state index contributed by atoms with van der Waals surface area (Å²) in [7, 11) is 1.65. The van der Waals surface area contributed by atoms with E-state index in [0.29, 0.717) is 5.56 Å². The van der Waals surface area contributed by atoms with Crippen LogP contribution < -0.4 is 5.56 Å². The zero-order chi connectivity index (χ0) is 13.3. The van der Waals surface area contributed by atoms with Gasteiger partial charge in [0.2, 0.25) is 0 Å². The summed E-state index contributed by atoms with van der Waals surface area (Å²) in [6, 6.07) is 9.60. The van der Waals surface area contributed by atoms with Crippen LogP contribution in [-0.4, -0.2) is 4.57 Å². The summed E-state index contributed by atoms with van der Waals surface area (Å²) in [5, 5.41) is 9.19. The minimum Gasteiger partial charge on any atom is -0.317 e. The van der Waals surface area contributed by atoms with Crippen molar-refractivity contribution >= 4 is 15.9 Å². The fourth-order valence-corrected chi connectivity index (χ4v) is 2.25. The van der Waals surface area contributed by atoms with E-state index in [-0.39, 0.29) is 11.1 Å². The molecule has 0 saturated carbocycles. The minimum absolute atomic E-state index is 0.194. The molecule has 4 heteroatoms. The monoisotopic (exact) mass is 302 g/mol. The third kappa shape index (κ3) is 2.09. The molecular formula is C14H11BrN2O. The molecule has 90 valence electrons. The topological polar surface area (TPSA) is 45.8 Å². The largest absolute Gasteiger partial charge is 0.317 e. The normalized spacial score (nSPS) is 10.1. The molecule has 0 fully saturated rings. The lowest BCUT2D eigenvalue weighted by Gasteiger charge is -2.10. The van der Waals surface area contributed by atoms with Crippen molar-refractivity contribution in [1.82, 2.24) is 4.57 Å². The van der Waals surface area contributed by atoms with E-state index in [4.69, 9.17) is 0 Å². The molecule has 0 spiro atoms. The number of benzene rings is 1. The Bertz CT molecular complexity index is 693. The fourth-order valence-electron chi connectivity index (χ4n) is 1.99. The quantitative estimate of drug-likeness (QED) is 0.813. The van der Waals surface area contributed by atoms with Crippen molar-refractivity contribution in [1.29, 1.82) is 5.26 Å². The van der Waals surface area contributed by atoms with E-state index in [9.17, 15) is 10.1 Å². The zero-order valence-electron chi connectivity index (χ0n) is 10.1. The van der Waals surface area contributed by atoms with E-state index in [0.717, 1.165) is 15.6 Å². The van der Waals surface area contributed by atoms with Crippen LogP contribution >= 0.6 is 15.9 Å². The van der Waals surface area contributed by atoms with Gasteiger partial charge < -0.3 is 4.57 Å². The Labute approximate surface area is 113 Å². The van der Waals surface area contributed by atoms with Gasteiger partial charge in [-0.15, -0.1) is 0 Å². The van der Waals surface area contributed by atoms with Crippen molar-refractivity contribution in [3.8, 4) is 17.2 Å². The summed E-state index contributed by atoms with van der Waals surface area (Å²) >= 11 is 3.37. The lowest BCUT2D eigenvalue weighted by Crippen LogP contribution is -2.20. The Morgan fingerprint density at radius 2 is 1.89 bits per heavy atom. The Morgan fingerprint density at radius 1 is 1.28 bits per heavy atom. The number of aromatic nitrogens is 1. The molecule has 0 atom stereocenters.